The van der Waals surface area contributed by atoms with Gasteiger partial charge in [-0.2, -0.15) is 0 Å². The van der Waals surface area contributed by atoms with Crippen LogP contribution < -0.4 is 0 Å². The SMILES string of the molecule is CC(C)C1OC2OC(C)C(O)C(O)C2OC12CC(C)C1C(CC3C4CC(=O)C5CC(O)CCC5(C)C4CCC31C)O2. The minimum Gasteiger partial charge on any atom is -0.393 e. The molecule has 17 unspecified atom stereocenters. The van der Waals surface area contributed by atoms with Gasteiger partial charge in [-0.15, -0.1) is 0 Å². The van der Waals surface area contributed by atoms with E-state index in [4.69, 9.17) is 18.9 Å². The normalized spacial score (nSPS) is 60.2. The third-order valence-corrected chi connectivity index (χ3v) is 13.5. The molecule has 0 radical (unpaired) electrons. The minimum atomic E-state index is -1.12. The highest BCUT2D eigenvalue weighted by atomic mass is 16.8. The molecule has 232 valence electrons. The number of rotatable bonds is 1. The summed E-state index contributed by atoms with van der Waals surface area (Å²) in [6, 6.07) is 0. The molecule has 0 amide bonds. The van der Waals surface area contributed by atoms with Gasteiger partial charge >= 0.3 is 0 Å². The van der Waals surface area contributed by atoms with Gasteiger partial charge in [0.05, 0.1) is 18.3 Å². The highest BCUT2D eigenvalue weighted by Crippen LogP contribution is 2.70. The molecule has 3 aliphatic heterocycles. The lowest BCUT2D eigenvalue weighted by Gasteiger charge is -2.61. The van der Waals surface area contributed by atoms with Crippen LogP contribution in [0.15, 0.2) is 0 Å². The van der Waals surface area contributed by atoms with Gasteiger partial charge in [-0.05, 0) is 91.8 Å². The van der Waals surface area contributed by atoms with Crippen LogP contribution in [0.2, 0.25) is 0 Å². The Morgan fingerprint density at radius 2 is 1.63 bits per heavy atom. The van der Waals surface area contributed by atoms with E-state index in [1.807, 2.05) is 0 Å². The fourth-order valence-corrected chi connectivity index (χ4v) is 11.8. The number of Topliss-reactive ketones (excluding diaryl/α,β-unsaturated/α-hetero) is 1. The molecule has 8 heteroatoms. The lowest BCUT2D eigenvalue weighted by Crippen LogP contribution is -2.71. The average Bonchev–Trinajstić information content (AvgIpc) is 3.21. The van der Waals surface area contributed by atoms with Gasteiger partial charge in [-0.3, -0.25) is 4.79 Å². The van der Waals surface area contributed by atoms with Crippen LogP contribution in [-0.4, -0.2) is 75.9 Å². The van der Waals surface area contributed by atoms with Crippen LogP contribution in [0.25, 0.3) is 0 Å². The van der Waals surface area contributed by atoms with E-state index in [2.05, 4.69) is 34.6 Å². The lowest BCUT2D eigenvalue weighted by molar-refractivity contribution is -0.457. The summed E-state index contributed by atoms with van der Waals surface area (Å²) < 4.78 is 26.4. The number of carbonyl (C=O) groups excluding carboxylic acids is 1. The quantitative estimate of drug-likeness (QED) is 0.432. The van der Waals surface area contributed by atoms with Crippen molar-refractivity contribution in [2.75, 3.05) is 0 Å². The molecule has 7 fully saturated rings. The Hall–Kier alpha value is -0.610. The lowest BCUT2D eigenvalue weighted by atomic mass is 9.44. The molecule has 7 rings (SSSR count). The number of hydrogen-bond acceptors (Lipinski definition) is 8. The second kappa shape index (κ2) is 9.69. The van der Waals surface area contributed by atoms with E-state index < -0.39 is 36.5 Å². The molecule has 4 aliphatic carbocycles. The molecule has 0 bridgehead atoms. The maximum Gasteiger partial charge on any atom is 0.196 e. The molecule has 3 heterocycles. The van der Waals surface area contributed by atoms with Crippen molar-refractivity contribution in [2.24, 2.45) is 52.3 Å². The summed E-state index contributed by atoms with van der Waals surface area (Å²) in [4.78, 5) is 13.6. The van der Waals surface area contributed by atoms with E-state index in [9.17, 15) is 20.1 Å². The number of hydrogen-bond donors (Lipinski definition) is 3. The van der Waals surface area contributed by atoms with Crippen molar-refractivity contribution in [1.82, 2.24) is 0 Å². The van der Waals surface area contributed by atoms with Gasteiger partial charge in [0, 0.05) is 18.8 Å². The molecule has 3 saturated heterocycles. The first-order chi connectivity index (χ1) is 19.3. The van der Waals surface area contributed by atoms with Gasteiger partial charge < -0.3 is 34.3 Å². The highest BCUT2D eigenvalue weighted by Gasteiger charge is 2.69. The number of aliphatic hydroxyl groups is 3. The summed E-state index contributed by atoms with van der Waals surface area (Å²) in [6.07, 6.45) is 1.84. The fraction of sp³-hybridized carbons (Fsp3) is 0.970. The second-order valence-corrected chi connectivity index (χ2v) is 16.1. The standard InChI is InChI=1S/C33H52O8/c1-15(2)29-33(41-28-27(37)26(36)17(4)38-30(28)39-29)14-16(3)25-24(40-33)13-21-19-12-23(35)22-11-18(34)7-9-31(22,5)20(19)8-10-32(21,25)6/h15-22,24-30,34,36-37H,7-14H2,1-6H3. The molecular formula is C33H52O8. The smallest absolute Gasteiger partial charge is 0.196 e. The van der Waals surface area contributed by atoms with E-state index >= 15 is 0 Å². The molecule has 0 aromatic heterocycles. The zero-order valence-electron chi connectivity index (χ0n) is 25.7. The van der Waals surface area contributed by atoms with Gasteiger partial charge in [0.1, 0.15) is 30.2 Å². The predicted octanol–water partition coefficient (Wildman–Crippen LogP) is 3.82. The molecule has 3 N–H and O–H groups in total. The van der Waals surface area contributed by atoms with Crippen molar-refractivity contribution in [3.05, 3.63) is 0 Å². The van der Waals surface area contributed by atoms with E-state index in [-0.39, 0.29) is 41.0 Å². The topological polar surface area (TPSA) is 115 Å². The average molecular weight is 577 g/mol. The van der Waals surface area contributed by atoms with Gasteiger partial charge in [0.25, 0.3) is 0 Å². The van der Waals surface area contributed by atoms with E-state index in [0.717, 1.165) is 32.1 Å². The Morgan fingerprint density at radius 3 is 2.37 bits per heavy atom. The summed E-state index contributed by atoms with van der Waals surface area (Å²) in [5.41, 5.74) is 0.0736. The zero-order valence-corrected chi connectivity index (χ0v) is 25.7. The Bertz CT molecular complexity index is 1050. The van der Waals surface area contributed by atoms with E-state index in [1.165, 1.54) is 0 Å². The van der Waals surface area contributed by atoms with Crippen LogP contribution in [0.3, 0.4) is 0 Å². The maximum atomic E-state index is 13.6. The molecular weight excluding hydrogens is 524 g/mol. The molecule has 17 atom stereocenters. The zero-order chi connectivity index (χ0) is 29.2. The van der Waals surface area contributed by atoms with Crippen molar-refractivity contribution in [2.45, 2.75) is 148 Å². The molecule has 7 aliphatic rings. The van der Waals surface area contributed by atoms with Crippen LogP contribution in [-0.2, 0) is 23.7 Å². The number of fused-ring (bicyclic) bond motifs is 8. The monoisotopic (exact) mass is 576 g/mol. The molecule has 4 saturated carbocycles. The molecule has 0 aromatic rings. The summed E-state index contributed by atoms with van der Waals surface area (Å²) >= 11 is 0. The number of ketones is 1. The van der Waals surface area contributed by atoms with Crippen molar-refractivity contribution in [3.8, 4) is 0 Å². The third kappa shape index (κ3) is 4.07. The summed E-state index contributed by atoms with van der Waals surface area (Å²) in [5, 5.41) is 32.0. The van der Waals surface area contributed by atoms with Crippen molar-refractivity contribution in [3.63, 3.8) is 0 Å². The maximum absolute atomic E-state index is 13.6. The van der Waals surface area contributed by atoms with E-state index in [1.54, 1.807) is 6.92 Å². The van der Waals surface area contributed by atoms with Crippen molar-refractivity contribution in [1.29, 1.82) is 0 Å². The second-order valence-electron chi connectivity index (χ2n) is 16.1. The summed E-state index contributed by atoms with van der Waals surface area (Å²) in [6.45, 7) is 13.1. The van der Waals surface area contributed by atoms with Gasteiger partial charge in [-0.25, -0.2) is 0 Å². The van der Waals surface area contributed by atoms with Crippen molar-refractivity contribution >= 4 is 5.78 Å². The van der Waals surface area contributed by atoms with Gasteiger partial charge in [0.15, 0.2) is 12.1 Å². The first-order valence-corrected chi connectivity index (χ1v) is 16.5. The van der Waals surface area contributed by atoms with Gasteiger partial charge in [-0.1, -0.05) is 34.6 Å². The van der Waals surface area contributed by atoms with Crippen LogP contribution in [0.4, 0.5) is 0 Å². The highest BCUT2D eigenvalue weighted by molar-refractivity contribution is 5.83. The Kier molecular flexibility index (Phi) is 6.88. The molecule has 0 aromatic carbocycles. The largest absolute Gasteiger partial charge is 0.393 e. The number of ether oxygens (including phenoxy) is 4. The Morgan fingerprint density at radius 1 is 0.902 bits per heavy atom. The molecule has 41 heavy (non-hydrogen) atoms. The minimum absolute atomic E-state index is 0.00581. The fourth-order valence-electron chi connectivity index (χ4n) is 11.8. The van der Waals surface area contributed by atoms with Crippen LogP contribution in [0, 0.1) is 52.3 Å². The van der Waals surface area contributed by atoms with Crippen LogP contribution in [0.1, 0.15) is 92.9 Å². The first kappa shape index (κ1) is 29.1. The Balaban J connectivity index is 1.18. The molecule has 8 nitrogen and oxygen atoms in total. The van der Waals surface area contributed by atoms with Crippen LogP contribution in [0.5, 0.6) is 0 Å². The first-order valence-electron chi connectivity index (χ1n) is 16.5. The predicted molar refractivity (Wildman–Crippen MR) is 149 cm³/mol. The Labute approximate surface area is 244 Å². The summed E-state index contributed by atoms with van der Waals surface area (Å²) in [5.74, 6) is 1.37. The number of carbonyl (C=O) groups is 1. The third-order valence-electron chi connectivity index (χ3n) is 13.5. The number of aliphatic hydroxyl groups excluding tert-OH is 3. The van der Waals surface area contributed by atoms with Crippen LogP contribution >= 0.6 is 0 Å². The van der Waals surface area contributed by atoms with Gasteiger partial charge in [0.2, 0.25) is 0 Å². The van der Waals surface area contributed by atoms with E-state index in [0.29, 0.717) is 54.6 Å². The molecule has 1 spiro atoms. The summed E-state index contributed by atoms with van der Waals surface area (Å²) in [7, 11) is 0. The van der Waals surface area contributed by atoms with Crippen molar-refractivity contribution < 1.29 is 39.1 Å².